The van der Waals surface area contributed by atoms with Gasteiger partial charge in [0.15, 0.2) is 5.96 Å². The highest BCUT2D eigenvalue weighted by atomic mass is 16.4. The van der Waals surface area contributed by atoms with Crippen LogP contribution < -0.4 is 10.6 Å². The molecule has 0 aliphatic carbocycles. The van der Waals surface area contributed by atoms with E-state index in [1.165, 1.54) is 0 Å². The van der Waals surface area contributed by atoms with E-state index in [-0.39, 0.29) is 18.5 Å². The Kier molecular flexibility index (Phi) is 8.64. The van der Waals surface area contributed by atoms with Gasteiger partial charge in [0, 0.05) is 31.6 Å². The first kappa shape index (κ1) is 21.3. The molecule has 2 heterocycles. The second-order valence-electron chi connectivity index (χ2n) is 7.01. The number of hydrogen-bond acceptors (Lipinski definition) is 4. The van der Waals surface area contributed by atoms with Crippen molar-refractivity contribution in [2.45, 2.75) is 58.6 Å². The lowest BCUT2D eigenvalue weighted by atomic mass is 9.98. The summed E-state index contributed by atoms with van der Waals surface area (Å²) in [7, 11) is 0. The maximum absolute atomic E-state index is 12.5. The first-order valence-corrected chi connectivity index (χ1v) is 10.1. The minimum Gasteiger partial charge on any atom is -0.467 e. The zero-order valence-electron chi connectivity index (χ0n) is 16.8. The van der Waals surface area contributed by atoms with Gasteiger partial charge in [0.2, 0.25) is 5.91 Å². The second-order valence-corrected chi connectivity index (χ2v) is 7.01. The van der Waals surface area contributed by atoms with Crippen LogP contribution in [0.2, 0.25) is 0 Å². The number of piperidine rings is 1. The summed E-state index contributed by atoms with van der Waals surface area (Å²) in [5, 5.41) is 16.8. The largest absolute Gasteiger partial charge is 0.467 e. The van der Waals surface area contributed by atoms with Gasteiger partial charge < -0.3 is 25.1 Å². The molecular formula is C20H34N4O3. The molecule has 0 saturated carbocycles. The van der Waals surface area contributed by atoms with Crippen LogP contribution in [0.4, 0.5) is 0 Å². The smallest absolute Gasteiger partial charge is 0.225 e. The van der Waals surface area contributed by atoms with E-state index in [0.717, 1.165) is 45.3 Å². The predicted molar refractivity (Wildman–Crippen MR) is 106 cm³/mol. The van der Waals surface area contributed by atoms with Crippen molar-refractivity contribution >= 4 is 11.9 Å². The molecule has 152 valence electrons. The van der Waals surface area contributed by atoms with Crippen LogP contribution in [0.15, 0.2) is 27.8 Å². The predicted octanol–water partition coefficient (Wildman–Crippen LogP) is 2.30. The van der Waals surface area contributed by atoms with Crippen molar-refractivity contribution in [2.24, 2.45) is 10.9 Å². The van der Waals surface area contributed by atoms with Gasteiger partial charge in [0.25, 0.3) is 0 Å². The van der Waals surface area contributed by atoms with Gasteiger partial charge in [-0.2, -0.15) is 0 Å². The number of hydrogen-bond donors (Lipinski definition) is 3. The monoisotopic (exact) mass is 378 g/mol. The first-order chi connectivity index (χ1) is 13.1. The Morgan fingerprint density at radius 2 is 2.04 bits per heavy atom. The van der Waals surface area contributed by atoms with Crippen LogP contribution in [0, 0.1) is 5.92 Å². The van der Waals surface area contributed by atoms with Crippen molar-refractivity contribution in [3.63, 3.8) is 0 Å². The third-order valence-electron chi connectivity index (χ3n) is 5.12. The molecule has 1 fully saturated rings. The maximum atomic E-state index is 12.5. The number of amides is 1. The summed E-state index contributed by atoms with van der Waals surface area (Å²) in [4.78, 5) is 19.0. The fourth-order valence-electron chi connectivity index (χ4n) is 3.40. The summed E-state index contributed by atoms with van der Waals surface area (Å²) in [6, 6.07) is 3.77. The molecule has 0 radical (unpaired) electrons. The minimum atomic E-state index is -0.755. The van der Waals surface area contributed by atoms with Gasteiger partial charge in [-0.3, -0.25) is 9.79 Å². The lowest BCUT2D eigenvalue weighted by Gasteiger charge is -2.35. The molecule has 7 heteroatoms. The Morgan fingerprint density at radius 3 is 2.59 bits per heavy atom. The van der Waals surface area contributed by atoms with E-state index in [2.05, 4.69) is 29.5 Å². The van der Waals surface area contributed by atoms with Crippen LogP contribution in [0.1, 0.15) is 58.3 Å². The lowest BCUT2D eigenvalue weighted by Crippen LogP contribution is -2.50. The van der Waals surface area contributed by atoms with E-state index in [9.17, 15) is 9.90 Å². The zero-order chi connectivity index (χ0) is 19.6. The Bertz CT molecular complexity index is 576. The molecule has 1 unspecified atom stereocenters. The highest BCUT2D eigenvalue weighted by Gasteiger charge is 2.26. The standard InChI is InChI=1S/C20H34N4O3/c1-4-15(5-2)19(26)24-11-9-16(10-12-24)23-20(21-6-3)22-14-17(25)18-8-7-13-27-18/h7-8,13,15-17,25H,4-6,9-12,14H2,1-3H3,(H2,21,22,23). The van der Waals surface area contributed by atoms with Gasteiger partial charge in [-0.25, -0.2) is 0 Å². The van der Waals surface area contributed by atoms with Crippen LogP contribution in [0.5, 0.6) is 0 Å². The summed E-state index contributed by atoms with van der Waals surface area (Å²) in [5.74, 6) is 1.65. The third-order valence-corrected chi connectivity index (χ3v) is 5.12. The highest BCUT2D eigenvalue weighted by Crippen LogP contribution is 2.17. The number of nitrogens with zero attached hydrogens (tertiary/aromatic N) is 2. The van der Waals surface area contributed by atoms with Gasteiger partial charge in [0.1, 0.15) is 11.9 Å². The van der Waals surface area contributed by atoms with Crippen molar-refractivity contribution < 1.29 is 14.3 Å². The lowest BCUT2D eigenvalue weighted by molar-refractivity contribution is -0.136. The third kappa shape index (κ3) is 6.27. The molecular weight excluding hydrogens is 344 g/mol. The molecule has 0 aromatic carbocycles. The molecule has 7 nitrogen and oxygen atoms in total. The van der Waals surface area contributed by atoms with Crippen LogP contribution in [0.3, 0.4) is 0 Å². The van der Waals surface area contributed by atoms with Crippen LogP contribution in [-0.4, -0.2) is 54.1 Å². The summed E-state index contributed by atoms with van der Waals surface area (Å²) in [6.07, 6.45) is 4.40. The number of guanidine groups is 1. The number of furan rings is 1. The highest BCUT2D eigenvalue weighted by molar-refractivity contribution is 5.80. The number of likely N-dealkylation sites (tertiary alicyclic amines) is 1. The number of aliphatic hydroxyl groups is 1. The summed E-state index contributed by atoms with van der Waals surface area (Å²) in [5.41, 5.74) is 0. The van der Waals surface area contributed by atoms with E-state index < -0.39 is 6.10 Å². The quantitative estimate of drug-likeness (QED) is 0.477. The number of aliphatic imine (C=N–C) groups is 1. The van der Waals surface area contributed by atoms with E-state index in [1.807, 2.05) is 11.8 Å². The Labute approximate surface area is 162 Å². The molecule has 1 aromatic heterocycles. The number of aliphatic hydroxyl groups excluding tert-OH is 1. The fraction of sp³-hybridized carbons (Fsp3) is 0.700. The van der Waals surface area contributed by atoms with Gasteiger partial charge in [-0.1, -0.05) is 13.8 Å². The fourth-order valence-corrected chi connectivity index (χ4v) is 3.40. The van der Waals surface area contributed by atoms with Crippen molar-refractivity contribution in [3.8, 4) is 0 Å². The number of nitrogens with one attached hydrogen (secondary N) is 2. The van der Waals surface area contributed by atoms with E-state index >= 15 is 0 Å². The maximum Gasteiger partial charge on any atom is 0.225 e. The van der Waals surface area contributed by atoms with Crippen LogP contribution in [-0.2, 0) is 4.79 Å². The molecule has 1 aliphatic rings. The van der Waals surface area contributed by atoms with Crippen molar-refractivity contribution in [3.05, 3.63) is 24.2 Å². The number of carbonyl (C=O) groups excluding carboxylic acids is 1. The molecule has 2 rings (SSSR count). The van der Waals surface area contributed by atoms with Crippen molar-refractivity contribution in [1.82, 2.24) is 15.5 Å². The second kappa shape index (κ2) is 11.0. The number of carbonyl (C=O) groups is 1. The normalized spacial score (nSPS) is 17.2. The van der Waals surface area contributed by atoms with Gasteiger partial charge in [-0.15, -0.1) is 0 Å². The van der Waals surface area contributed by atoms with E-state index in [0.29, 0.717) is 17.6 Å². The van der Waals surface area contributed by atoms with Gasteiger partial charge in [0.05, 0.1) is 12.8 Å². The molecule has 1 amide bonds. The van der Waals surface area contributed by atoms with Gasteiger partial charge in [-0.05, 0) is 44.7 Å². The Morgan fingerprint density at radius 1 is 1.33 bits per heavy atom. The summed E-state index contributed by atoms with van der Waals surface area (Å²) < 4.78 is 5.21. The minimum absolute atomic E-state index is 0.150. The van der Waals surface area contributed by atoms with E-state index in [4.69, 9.17) is 4.42 Å². The molecule has 1 saturated heterocycles. The molecule has 1 aromatic rings. The van der Waals surface area contributed by atoms with Crippen LogP contribution in [0.25, 0.3) is 0 Å². The molecule has 27 heavy (non-hydrogen) atoms. The summed E-state index contributed by atoms with van der Waals surface area (Å²) >= 11 is 0. The summed E-state index contributed by atoms with van der Waals surface area (Å²) in [6.45, 7) is 8.71. The number of rotatable bonds is 8. The Hall–Kier alpha value is -2.02. The molecule has 0 spiro atoms. The first-order valence-electron chi connectivity index (χ1n) is 10.1. The van der Waals surface area contributed by atoms with E-state index in [1.54, 1.807) is 18.4 Å². The average molecular weight is 379 g/mol. The van der Waals surface area contributed by atoms with Gasteiger partial charge >= 0.3 is 0 Å². The van der Waals surface area contributed by atoms with Crippen LogP contribution >= 0.6 is 0 Å². The molecule has 1 atom stereocenters. The average Bonchev–Trinajstić information content (AvgIpc) is 3.22. The molecule has 3 N–H and O–H groups in total. The van der Waals surface area contributed by atoms with Crippen molar-refractivity contribution in [2.75, 3.05) is 26.2 Å². The Balaban J connectivity index is 1.85. The SMILES string of the molecule is CCNC(=NCC(O)c1ccco1)NC1CCN(C(=O)C(CC)CC)CC1. The topological polar surface area (TPSA) is 90.1 Å². The molecule has 1 aliphatic heterocycles. The molecule has 0 bridgehead atoms. The van der Waals surface area contributed by atoms with Crippen molar-refractivity contribution in [1.29, 1.82) is 0 Å². The zero-order valence-corrected chi connectivity index (χ0v) is 16.8.